The van der Waals surface area contributed by atoms with Gasteiger partial charge in [-0.3, -0.25) is 4.79 Å². The second-order valence-corrected chi connectivity index (χ2v) is 15.8. The van der Waals surface area contributed by atoms with Crippen LogP contribution in [0.15, 0.2) is 28.5 Å². The van der Waals surface area contributed by atoms with Crippen molar-refractivity contribution in [3.63, 3.8) is 0 Å². The Morgan fingerprint density at radius 3 is 2.70 bits per heavy atom. The molecule has 1 atom stereocenters. The average molecular weight is 604 g/mol. The zero-order valence-corrected chi connectivity index (χ0v) is 24.0. The number of sulfonamides is 2. The lowest BCUT2D eigenvalue weighted by Crippen LogP contribution is -2.56. The van der Waals surface area contributed by atoms with Gasteiger partial charge in [-0.2, -0.15) is 4.31 Å². The van der Waals surface area contributed by atoms with Crippen LogP contribution in [0.25, 0.3) is 10.1 Å². The Morgan fingerprint density at radius 2 is 1.95 bits per heavy atom. The van der Waals surface area contributed by atoms with Gasteiger partial charge in [-0.05, 0) is 37.1 Å². The van der Waals surface area contributed by atoms with Gasteiger partial charge in [-0.25, -0.2) is 27.0 Å². The van der Waals surface area contributed by atoms with Gasteiger partial charge in [0.2, 0.25) is 10.0 Å². The van der Waals surface area contributed by atoms with E-state index >= 15 is 0 Å². The molecule has 1 unspecified atom stereocenters. The fraction of sp³-hybridized carbons (Fsp3) is 0.455. The van der Waals surface area contributed by atoms with E-state index in [1.807, 2.05) is 7.05 Å². The molecule has 2 aliphatic rings. The predicted molar refractivity (Wildman–Crippen MR) is 145 cm³/mol. The first-order valence-electron chi connectivity index (χ1n) is 11.6. The number of fused-ring (bicyclic) bond motifs is 2. The molecule has 0 saturated carbocycles. The number of primary sulfonamides is 1. The number of likely N-dealkylation sites (N-methyl/N-ethyl adjacent to an activating group) is 1. The highest BCUT2D eigenvalue weighted by atomic mass is 35.5. The van der Waals surface area contributed by atoms with E-state index in [0.717, 1.165) is 51.5 Å². The molecule has 4 heterocycles. The van der Waals surface area contributed by atoms with E-state index < -0.39 is 26.1 Å². The summed E-state index contributed by atoms with van der Waals surface area (Å²) in [7, 11) is -5.67. The fourth-order valence-electron chi connectivity index (χ4n) is 4.63. The third-order valence-electron chi connectivity index (χ3n) is 6.60. The molecule has 200 valence electrons. The molecule has 15 heteroatoms. The number of rotatable bonds is 6. The van der Waals surface area contributed by atoms with Gasteiger partial charge in [0.05, 0.1) is 11.4 Å². The predicted octanol–water partition coefficient (Wildman–Crippen LogP) is 2.19. The minimum atomic E-state index is -3.87. The maximum absolute atomic E-state index is 13.5. The average Bonchev–Trinajstić information content (AvgIpc) is 3.45. The van der Waals surface area contributed by atoms with Gasteiger partial charge < -0.3 is 9.80 Å². The van der Waals surface area contributed by atoms with E-state index in [4.69, 9.17) is 16.7 Å². The quantitative estimate of drug-likeness (QED) is 0.456. The van der Waals surface area contributed by atoms with Crippen molar-refractivity contribution >= 4 is 70.3 Å². The SMILES string of the molecule is CN1CCc2nc(C(=O)N3CCN(S(=O)(=O)c4cc5ccc(Cl)cc5s4)CC3CCS(N)(=O)=O)sc2C1. The van der Waals surface area contributed by atoms with Crippen molar-refractivity contribution in [1.82, 2.24) is 19.1 Å². The zero-order chi connectivity index (χ0) is 26.5. The summed E-state index contributed by atoms with van der Waals surface area (Å²) in [4.78, 5) is 22.8. The van der Waals surface area contributed by atoms with Crippen LogP contribution in [0.3, 0.4) is 0 Å². The van der Waals surface area contributed by atoms with Gasteiger partial charge in [-0.1, -0.05) is 17.7 Å². The highest BCUT2D eigenvalue weighted by Gasteiger charge is 2.38. The molecule has 1 amide bonds. The number of hydrogen-bond donors (Lipinski definition) is 1. The van der Waals surface area contributed by atoms with Crippen LogP contribution in [0.5, 0.6) is 0 Å². The van der Waals surface area contributed by atoms with Crippen molar-refractivity contribution < 1.29 is 21.6 Å². The first-order chi connectivity index (χ1) is 17.4. The lowest BCUT2D eigenvalue weighted by molar-refractivity contribution is 0.0559. The zero-order valence-electron chi connectivity index (χ0n) is 20.0. The number of thiophene rings is 1. The molecule has 2 N–H and O–H groups in total. The van der Waals surface area contributed by atoms with Gasteiger partial charge in [0, 0.05) is 59.8 Å². The van der Waals surface area contributed by atoms with E-state index in [1.165, 1.54) is 15.6 Å². The molecule has 1 saturated heterocycles. The van der Waals surface area contributed by atoms with E-state index in [1.54, 1.807) is 29.2 Å². The summed E-state index contributed by atoms with van der Waals surface area (Å²) in [5, 5.41) is 6.88. The Balaban J connectivity index is 1.41. The first-order valence-corrected chi connectivity index (χ1v) is 16.8. The van der Waals surface area contributed by atoms with E-state index in [2.05, 4.69) is 9.88 Å². The van der Waals surface area contributed by atoms with Crippen LogP contribution in [-0.4, -0.2) is 86.9 Å². The molecule has 5 rings (SSSR count). The number of carbonyl (C=O) groups is 1. The summed E-state index contributed by atoms with van der Waals surface area (Å²) in [6, 6.07) is 6.14. The Labute approximate surface area is 228 Å². The second kappa shape index (κ2) is 10.2. The molecule has 0 bridgehead atoms. The van der Waals surface area contributed by atoms with Gasteiger partial charge in [0.1, 0.15) is 4.21 Å². The molecular weight excluding hydrogens is 578 g/mol. The molecule has 10 nitrogen and oxygen atoms in total. The van der Waals surface area contributed by atoms with Crippen molar-refractivity contribution in [3.05, 3.63) is 44.9 Å². The van der Waals surface area contributed by atoms with Crippen LogP contribution in [0.4, 0.5) is 0 Å². The largest absolute Gasteiger partial charge is 0.331 e. The van der Waals surface area contributed by atoms with Crippen molar-refractivity contribution in [2.45, 2.75) is 29.6 Å². The maximum atomic E-state index is 13.5. The fourth-order valence-corrected chi connectivity index (χ4v) is 9.67. The van der Waals surface area contributed by atoms with Gasteiger partial charge in [0.15, 0.2) is 5.01 Å². The Kier molecular flexibility index (Phi) is 7.39. The molecule has 3 aromatic rings. The smallest absolute Gasteiger partial charge is 0.283 e. The summed E-state index contributed by atoms with van der Waals surface area (Å²) in [5.41, 5.74) is 0.915. The monoisotopic (exact) mass is 603 g/mol. The van der Waals surface area contributed by atoms with Crippen molar-refractivity contribution in [2.75, 3.05) is 39.0 Å². The number of aromatic nitrogens is 1. The third kappa shape index (κ3) is 5.71. The van der Waals surface area contributed by atoms with E-state index in [9.17, 15) is 21.6 Å². The van der Waals surface area contributed by atoms with Crippen LogP contribution in [0, 0.1) is 0 Å². The van der Waals surface area contributed by atoms with Gasteiger partial charge >= 0.3 is 0 Å². The summed E-state index contributed by atoms with van der Waals surface area (Å²) in [6.45, 7) is 1.76. The Hall–Kier alpha value is -1.65. The van der Waals surface area contributed by atoms with Gasteiger partial charge in [-0.15, -0.1) is 22.7 Å². The molecule has 0 radical (unpaired) electrons. The number of halogens is 1. The molecule has 1 aromatic carbocycles. The summed E-state index contributed by atoms with van der Waals surface area (Å²) < 4.78 is 52.8. The summed E-state index contributed by atoms with van der Waals surface area (Å²) in [6.07, 6.45) is 0.781. The van der Waals surface area contributed by atoms with Crippen LogP contribution < -0.4 is 5.14 Å². The molecule has 2 aromatic heterocycles. The Bertz CT molecular complexity index is 1570. The van der Waals surface area contributed by atoms with Crippen LogP contribution in [0.2, 0.25) is 5.02 Å². The van der Waals surface area contributed by atoms with E-state index in [0.29, 0.717) is 10.0 Å². The molecular formula is C22H26ClN5O5S4. The van der Waals surface area contributed by atoms with E-state index in [-0.39, 0.29) is 41.9 Å². The second-order valence-electron chi connectivity index (χ2n) is 9.30. The van der Waals surface area contributed by atoms with Crippen molar-refractivity contribution in [2.24, 2.45) is 5.14 Å². The van der Waals surface area contributed by atoms with Crippen LogP contribution in [-0.2, 0) is 33.0 Å². The number of hydrogen-bond acceptors (Lipinski definition) is 9. The first kappa shape index (κ1) is 26.9. The highest BCUT2D eigenvalue weighted by molar-refractivity contribution is 7.91. The topological polar surface area (TPSA) is 134 Å². The third-order valence-corrected chi connectivity index (χ3v) is 12.1. The molecule has 0 spiro atoms. The molecule has 37 heavy (non-hydrogen) atoms. The van der Waals surface area contributed by atoms with Crippen LogP contribution >= 0.6 is 34.3 Å². The number of nitrogens with two attached hydrogens (primary N) is 1. The van der Waals surface area contributed by atoms with Crippen LogP contribution in [0.1, 0.15) is 26.8 Å². The standard InChI is InChI=1S/C22H26ClN5O5S4/c1-26-6-4-17-19(13-26)35-21(25-17)22(29)28-8-7-27(12-16(28)5-9-36(24,30)31)37(32,33)20-10-14-2-3-15(23)11-18(14)34-20/h2-3,10-11,16H,4-9,12-13H2,1H3,(H2,24,30,31). The summed E-state index contributed by atoms with van der Waals surface area (Å²) in [5.74, 6) is -0.675. The lowest BCUT2D eigenvalue weighted by Gasteiger charge is -2.40. The molecule has 2 aliphatic heterocycles. The molecule has 0 aliphatic carbocycles. The number of carbonyl (C=O) groups excluding carboxylic acids is 1. The number of benzene rings is 1. The number of nitrogens with zero attached hydrogens (tertiary/aromatic N) is 4. The minimum absolute atomic E-state index is 0.0203. The number of thiazole rings is 1. The van der Waals surface area contributed by atoms with Crippen molar-refractivity contribution in [3.8, 4) is 0 Å². The minimum Gasteiger partial charge on any atom is -0.331 e. The number of amides is 1. The highest BCUT2D eigenvalue weighted by Crippen LogP contribution is 2.34. The number of piperazine rings is 1. The molecule has 1 fully saturated rings. The normalized spacial score (nSPS) is 19.9. The Morgan fingerprint density at radius 1 is 1.16 bits per heavy atom. The lowest BCUT2D eigenvalue weighted by atomic mass is 10.1. The van der Waals surface area contributed by atoms with Gasteiger partial charge in [0.25, 0.3) is 15.9 Å². The summed E-state index contributed by atoms with van der Waals surface area (Å²) >= 11 is 8.53. The van der Waals surface area contributed by atoms with Crippen molar-refractivity contribution in [1.29, 1.82) is 0 Å². The maximum Gasteiger partial charge on any atom is 0.283 e.